The van der Waals surface area contributed by atoms with E-state index in [0.717, 1.165) is 12.8 Å². The fourth-order valence-corrected chi connectivity index (χ4v) is 1.15. The second-order valence-electron chi connectivity index (χ2n) is 3.15. The van der Waals surface area contributed by atoms with Gasteiger partial charge in [0.05, 0.1) is 12.2 Å². The van der Waals surface area contributed by atoms with Crippen LogP contribution in [0.25, 0.3) is 0 Å². The number of ether oxygens (including phenoxy) is 1. The molecular weight excluding hydrogens is 190 g/mol. The lowest BCUT2D eigenvalue weighted by Crippen LogP contribution is -2.08. The fraction of sp³-hybridized carbons (Fsp3) is 0.250. The maximum absolute atomic E-state index is 11.5. The third-order valence-electron chi connectivity index (χ3n) is 1.97. The number of para-hydroxylation sites is 1. The summed E-state index contributed by atoms with van der Waals surface area (Å²) in [5.74, 6) is -0.364. The summed E-state index contributed by atoms with van der Waals surface area (Å²) in [5, 5.41) is 0. The van der Waals surface area contributed by atoms with Crippen LogP contribution in [-0.2, 0) is 4.74 Å². The maximum Gasteiger partial charge on any atom is 0.340 e. The molecule has 1 aromatic carbocycles. The van der Waals surface area contributed by atoms with E-state index in [9.17, 15) is 4.79 Å². The molecule has 15 heavy (non-hydrogen) atoms. The van der Waals surface area contributed by atoms with Gasteiger partial charge in [0.2, 0.25) is 0 Å². The van der Waals surface area contributed by atoms with Crippen LogP contribution in [0.3, 0.4) is 0 Å². The number of hydrogen-bond acceptors (Lipinski definition) is 3. The fourth-order valence-electron chi connectivity index (χ4n) is 1.15. The Morgan fingerprint density at radius 1 is 1.47 bits per heavy atom. The number of benzene rings is 1. The average Bonchev–Trinajstić information content (AvgIpc) is 2.25. The summed E-state index contributed by atoms with van der Waals surface area (Å²) < 4.78 is 5.04. The van der Waals surface area contributed by atoms with Crippen molar-refractivity contribution in [2.75, 3.05) is 12.3 Å². The van der Waals surface area contributed by atoms with Crippen molar-refractivity contribution in [3.63, 3.8) is 0 Å². The minimum atomic E-state index is -0.364. The predicted molar refractivity (Wildman–Crippen MR) is 60.6 cm³/mol. The molecule has 3 nitrogen and oxygen atoms in total. The van der Waals surface area contributed by atoms with Gasteiger partial charge >= 0.3 is 5.97 Å². The van der Waals surface area contributed by atoms with Crippen LogP contribution in [0.1, 0.15) is 23.2 Å². The van der Waals surface area contributed by atoms with Crippen LogP contribution in [0.15, 0.2) is 36.9 Å². The van der Waals surface area contributed by atoms with Crippen LogP contribution in [0, 0.1) is 0 Å². The van der Waals surface area contributed by atoms with Gasteiger partial charge in [-0.1, -0.05) is 18.2 Å². The first-order valence-corrected chi connectivity index (χ1v) is 4.88. The lowest BCUT2D eigenvalue weighted by atomic mass is 10.2. The van der Waals surface area contributed by atoms with Crippen LogP contribution in [0.4, 0.5) is 5.69 Å². The summed E-state index contributed by atoms with van der Waals surface area (Å²) in [6.07, 6.45) is 3.43. The second kappa shape index (κ2) is 5.86. The monoisotopic (exact) mass is 205 g/mol. The predicted octanol–water partition coefficient (Wildman–Crippen LogP) is 2.39. The van der Waals surface area contributed by atoms with Gasteiger partial charge in [-0.25, -0.2) is 4.79 Å². The van der Waals surface area contributed by atoms with Crippen LogP contribution in [-0.4, -0.2) is 12.6 Å². The summed E-state index contributed by atoms with van der Waals surface area (Å²) in [5.41, 5.74) is 6.51. The van der Waals surface area contributed by atoms with Crippen molar-refractivity contribution in [1.29, 1.82) is 0 Å². The smallest absolute Gasteiger partial charge is 0.340 e. The van der Waals surface area contributed by atoms with E-state index in [1.165, 1.54) is 0 Å². The first-order valence-electron chi connectivity index (χ1n) is 4.88. The van der Waals surface area contributed by atoms with Gasteiger partial charge in [-0.3, -0.25) is 0 Å². The summed E-state index contributed by atoms with van der Waals surface area (Å²) in [4.78, 5) is 11.5. The van der Waals surface area contributed by atoms with E-state index >= 15 is 0 Å². The zero-order valence-corrected chi connectivity index (χ0v) is 8.61. The lowest BCUT2D eigenvalue weighted by Gasteiger charge is -2.05. The number of nitrogens with two attached hydrogens (primary N) is 1. The Hall–Kier alpha value is -1.77. The largest absolute Gasteiger partial charge is 0.462 e. The van der Waals surface area contributed by atoms with Crippen LogP contribution >= 0.6 is 0 Å². The maximum atomic E-state index is 11.5. The van der Waals surface area contributed by atoms with Crippen molar-refractivity contribution in [3.8, 4) is 0 Å². The highest BCUT2D eigenvalue weighted by Gasteiger charge is 2.09. The molecule has 0 saturated heterocycles. The lowest BCUT2D eigenvalue weighted by molar-refractivity contribution is 0.0502. The summed E-state index contributed by atoms with van der Waals surface area (Å²) in [6, 6.07) is 6.88. The van der Waals surface area contributed by atoms with Gasteiger partial charge in [-0.2, -0.15) is 0 Å². The van der Waals surface area contributed by atoms with E-state index in [1.807, 2.05) is 0 Å². The van der Waals surface area contributed by atoms with E-state index in [2.05, 4.69) is 6.58 Å². The molecule has 0 amide bonds. The van der Waals surface area contributed by atoms with Gasteiger partial charge in [0, 0.05) is 5.69 Å². The van der Waals surface area contributed by atoms with Crippen molar-refractivity contribution < 1.29 is 9.53 Å². The standard InChI is InChI=1S/C12H15NO2/c1-2-3-6-9-15-12(14)10-7-4-5-8-11(10)13/h2,4-5,7-8H,1,3,6,9,13H2. The Bertz CT molecular complexity index is 347. The molecule has 0 fully saturated rings. The molecule has 0 aliphatic carbocycles. The van der Waals surface area contributed by atoms with Gasteiger partial charge in [0.15, 0.2) is 0 Å². The number of unbranched alkanes of at least 4 members (excludes halogenated alkanes) is 1. The molecule has 0 aromatic heterocycles. The van der Waals surface area contributed by atoms with E-state index < -0.39 is 0 Å². The molecule has 0 radical (unpaired) electrons. The summed E-state index contributed by atoms with van der Waals surface area (Å²) >= 11 is 0. The molecule has 1 rings (SSSR count). The van der Waals surface area contributed by atoms with Crippen molar-refractivity contribution in [3.05, 3.63) is 42.5 Å². The SMILES string of the molecule is C=CCCCOC(=O)c1ccccc1N. The normalized spacial score (nSPS) is 9.60. The van der Waals surface area contributed by atoms with Crippen molar-refractivity contribution in [1.82, 2.24) is 0 Å². The quantitative estimate of drug-likeness (QED) is 0.347. The highest BCUT2D eigenvalue weighted by molar-refractivity contribution is 5.94. The first-order chi connectivity index (χ1) is 7.25. The van der Waals surface area contributed by atoms with E-state index in [0.29, 0.717) is 17.9 Å². The van der Waals surface area contributed by atoms with E-state index in [4.69, 9.17) is 10.5 Å². The molecule has 0 unspecified atom stereocenters. The number of carbonyl (C=O) groups excluding carboxylic acids is 1. The topological polar surface area (TPSA) is 52.3 Å². The third kappa shape index (κ3) is 3.46. The molecule has 3 heteroatoms. The van der Waals surface area contributed by atoms with E-state index in [-0.39, 0.29) is 5.97 Å². The van der Waals surface area contributed by atoms with Gasteiger partial charge in [-0.15, -0.1) is 6.58 Å². The van der Waals surface area contributed by atoms with Crippen LogP contribution in [0.5, 0.6) is 0 Å². The minimum Gasteiger partial charge on any atom is -0.462 e. The minimum absolute atomic E-state index is 0.364. The van der Waals surface area contributed by atoms with Crippen LogP contribution in [0.2, 0.25) is 0 Å². The van der Waals surface area contributed by atoms with E-state index in [1.54, 1.807) is 30.3 Å². The average molecular weight is 205 g/mol. The van der Waals surface area contributed by atoms with Crippen molar-refractivity contribution in [2.45, 2.75) is 12.8 Å². The first kappa shape index (κ1) is 11.3. The van der Waals surface area contributed by atoms with Crippen molar-refractivity contribution >= 4 is 11.7 Å². The number of rotatable bonds is 5. The number of hydrogen-bond donors (Lipinski definition) is 1. The Balaban J connectivity index is 2.47. The van der Waals surface area contributed by atoms with Crippen molar-refractivity contribution in [2.24, 2.45) is 0 Å². The molecule has 80 valence electrons. The molecule has 1 aromatic rings. The summed E-state index contributed by atoms with van der Waals surface area (Å²) in [6.45, 7) is 3.99. The Kier molecular flexibility index (Phi) is 4.41. The number of nitrogen functional groups attached to an aromatic ring is 1. The molecule has 0 saturated carbocycles. The molecular formula is C12H15NO2. The van der Waals surface area contributed by atoms with Gasteiger partial charge in [-0.05, 0) is 25.0 Å². The molecule has 0 aliphatic rings. The summed E-state index contributed by atoms with van der Waals surface area (Å²) in [7, 11) is 0. The Labute approximate surface area is 89.5 Å². The van der Waals surface area contributed by atoms with Gasteiger partial charge in [0.25, 0.3) is 0 Å². The second-order valence-corrected chi connectivity index (χ2v) is 3.15. The molecule has 0 heterocycles. The zero-order chi connectivity index (χ0) is 11.1. The number of esters is 1. The number of carbonyl (C=O) groups is 1. The Morgan fingerprint density at radius 3 is 2.87 bits per heavy atom. The highest BCUT2D eigenvalue weighted by atomic mass is 16.5. The molecule has 0 aliphatic heterocycles. The molecule has 0 atom stereocenters. The molecule has 2 N–H and O–H groups in total. The molecule has 0 bridgehead atoms. The highest BCUT2D eigenvalue weighted by Crippen LogP contribution is 2.11. The number of anilines is 1. The van der Waals surface area contributed by atoms with Gasteiger partial charge in [0.1, 0.15) is 0 Å². The van der Waals surface area contributed by atoms with Crippen LogP contribution < -0.4 is 5.73 Å². The third-order valence-corrected chi connectivity index (χ3v) is 1.97. The number of allylic oxidation sites excluding steroid dienone is 1. The van der Waals surface area contributed by atoms with Gasteiger partial charge < -0.3 is 10.5 Å². The molecule has 0 spiro atoms. The Morgan fingerprint density at radius 2 is 2.20 bits per heavy atom. The zero-order valence-electron chi connectivity index (χ0n) is 8.61.